The number of ether oxygens (including phenoxy) is 1. The first kappa shape index (κ1) is 23.7. The molecule has 36 heavy (non-hydrogen) atoms. The number of likely N-dealkylation sites (tertiary alicyclic amines) is 1. The van der Waals surface area contributed by atoms with Crippen LogP contribution in [0.2, 0.25) is 0 Å². The molecule has 2 fully saturated rings. The Hall–Kier alpha value is -2.68. The minimum absolute atomic E-state index is 0.0137. The van der Waals surface area contributed by atoms with Gasteiger partial charge in [-0.05, 0) is 85.9 Å². The lowest BCUT2D eigenvalue weighted by molar-refractivity contribution is -0.0346. The predicted molar refractivity (Wildman–Crippen MR) is 137 cm³/mol. The van der Waals surface area contributed by atoms with Crippen LogP contribution in [0, 0.1) is 12.8 Å². The monoisotopic (exact) mass is 508 g/mol. The third-order valence-corrected chi connectivity index (χ3v) is 9.96. The fourth-order valence-electron chi connectivity index (χ4n) is 6.06. The van der Waals surface area contributed by atoms with Crippen molar-refractivity contribution in [2.24, 2.45) is 5.92 Å². The molecule has 0 spiro atoms. The number of aromatic carboxylic acids is 1. The molecule has 3 aromatic rings. The van der Waals surface area contributed by atoms with Crippen LogP contribution in [0.15, 0.2) is 47.5 Å². The SMILES string of the molecule is Cc1cc2c(c3cc[nH]c13)C(N1CC[C@H](OCC3CC3)C[C@H]1c1ccc(C(=O)O)cc1)CCS2(=O)=O. The smallest absolute Gasteiger partial charge is 0.335 e. The summed E-state index contributed by atoms with van der Waals surface area (Å²) in [6.07, 6.45) is 6.77. The Morgan fingerprint density at radius 1 is 1.11 bits per heavy atom. The van der Waals surface area contributed by atoms with Gasteiger partial charge in [0.05, 0.1) is 22.3 Å². The van der Waals surface area contributed by atoms with Crippen LogP contribution in [0.25, 0.3) is 10.9 Å². The summed E-state index contributed by atoms with van der Waals surface area (Å²) in [7, 11) is -3.36. The number of aromatic nitrogens is 1. The summed E-state index contributed by atoms with van der Waals surface area (Å²) >= 11 is 0. The number of nitrogens with one attached hydrogen (secondary N) is 1. The summed E-state index contributed by atoms with van der Waals surface area (Å²) in [5, 5.41) is 10.4. The minimum Gasteiger partial charge on any atom is -0.478 e. The summed E-state index contributed by atoms with van der Waals surface area (Å²) in [5.74, 6) is -0.121. The maximum Gasteiger partial charge on any atom is 0.335 e. The molecule has 190 valence electrons. The third-order valence-electron chi connectivity index (χ3n) is 8.18. The van der Waals surface area contributed by atoms with E-state index in [1.807, 2.05) is 37.4 Å². The molecule has 2 N–H and O–H groups in total. The van der Waals surface area contributed by atoms with Crippen LogP contribution in [0.4, 0.5) is 0 Å². The van der Waals surface area contributed by atoms with Gasteiger partial charge in [0.25, 0.3) is 0 Å². The first-order valence-corrected chi connectivity index (χ1v) is 14.5. The maximum absolute atomic E-state index is 13.2. The summed E-state index contributed by atoms with van der Waals surface area (Å²) in [6, 6.07) is 10.9. The standard InChI is InChI=1S/C28H32N2O5S/c1-17-14-25-26(22-8-11-29-27(17)22)23(10-13-36(25,33)34)30-12-9-21(35-16-18-2-3-18)15-24(30)19-4-6-20(7-5-19)28(31)32/h4-8,11,14,18,21,23-24,29H,2-3,9-10,12-13,15-16H2,1H3,(H,31,32)/t21-,23?,24-/m0/s1. The number of aryl methyl sites for hydroxylation is 1. The van der Waals surface area contributed by atoms with E-state index in [0.717, 1.165) is 53.6 Å². The number of nitrogens with zero attached hydrogens (tertiary/aromatic N) is 1. The van der Waals surface area contributed by atoms with Crippen molar-refractivity contribution in [2.45, 2.75) is 62.1 Å². The van der Waals surface area contributed by atoms with E-state index in [1.165, 1.54) is 12.8 Å². The molecule has 1 saturated carbocycles. The first-order valence-electron chi connectivity index (χ1n) is 12.9. The highest BCUT2D eigenvalue weighted by Crippen LogP contribution is 2.47. The van der Waals surface area contributed by atoms with Gasteiger partial charge in [-0.2, -0.15) is 0 Å². The van der Waals surface area contributed by atoms with Gasteiger partial charge in [0.2, 0.25) is 0 Å². The molecule has 1 saturated heterocycles. The van der Waals surface area contributed by atoms with Gasteiger partial charge in [-0.1, -0.05) is 12.1 Å². The number of piperidine rings is 1. The number of sulfone groups is 1. The zero-order valence-corrected chi connectivity index (χ0v) is 21.3. The van der Waals surface area contributed by atoms with Crippen molar-refractivity contribution in [1.82, 2.24) is 9.88 Å². The van der Waals surface area contributed by atoms with E-state index in [0.29, 0.717) is 17.2 Å². The molecule has 7 nitrogen and oxygen atoms in total. The van der Waals surface area contributed by atoms with Gasteiger partial charge >= 0.3 is 5.97 Å². The van der Waals surface area contributed by atoms with E-state index < -0.39 is 15.8 Å². The molecule has 2 aromatic carbocycles. The number of aromatic amines is 1. The largest absolute Gasteiger partial charge is 0.478 e. The predicted octanol–water partition coefficient (Wildman–Crippen LogP) is 5.03. The molecule has 1 aliphatic carbocycles. The summed E-state index contributed by atoms with van der Waals surface area (Å²) in [4.78, 5) is 17.6. The average Bonchev–Trinajstić information content (AvgIpc) is 3.56. The van der Waals surface area contributed by atoms with E-state index in [9.17, 15) is 18.3 Å². The fourth-order valence-corrected chi connectivity index (χ4v) is 7.75. The molecule has 3 aliphatic rings. The lowest BCUT2D eigenvalue weighted by Gasteiger charge is -2.46. The van der Waals surface area contributed by atoms with Gasteiger partial charge in [-0.15, -0.1) is 0 Å². The second-order valence-corrected chi connectivity index (χ2v) is 12.7. The highest BCUT2D eigenvalue weighted by atomic mass is 32.2. The van der Waals surface area contributed by atoms with Gasteiger partial charge in [0.15, 0.2) is 9.84 Å². The number of benzene rings is 2. The van der Waals surface area contributed by atoms with E-state index in [-0.39, 0.29) is 29.5 Å². The number of fused-ring (bicyclic) bond motifs is 3. The third kappa shape index (κ3) is 4.25. The molecule has 0 bridgehead atoms. The zero-order valence-electron chi connectivity index (χ0n) is 20.4. The Kier molecular flexibility index (Phi) is 5.93. The molecule has 0 amide bonds. The number of H-pyrrole nitrogens is 1. The normalized spacial score (nSPS) is 26.1. The van der Waals surface area contributed by atoms with Crippen molar-refractivity contribution in [3.05, 3.63) is 64.8 Å². The fraction of sp³-hybridized carbons (Fsp3) is 0.464. The van der Waals surface area contributed by atoms with Crippen molar-refractivity contribution in [3.63, 3.8) is 0 Å². The molecular formula is C28H32N2O5S. The summed E-state index contributed by atoms with van der Waals surface area (Å²) in [6.45, 7) is 3.56. The van der Waals surface area contributed by atoms with E-state index in [1.54, 1.807) is 12.1 Å². The van der Waals surface area contributed by atoms with Crippen molar-refractivity contribution in [1.29, 1.82) is 0 Å². The molecule has 1 aromatic heterocycles. The molecule has 1 unspecified atom stereocenters. The van der Waals surface area contributed by atoms with Crippen LogP contribution in [0.3, 0.4) is 0 Å². The molecule has 8 heteroatoms. The average molecular weight is 509 g/mol. The van der Waals surface area contributed by atoms with E-state index in [4.69, 9.17) is 4.74 Å². The first-order chi connectivity index (χ1) is 17.3. The van der Waals surface area contributed by atoms with Crippen LogP contribution in [-0.2, 0) is 14.6 Å². The molecule has 0 radical (unpaired) electrons. The van der Waals surface area contributed by atoms with Gasteiger partial charge in [0, 0.05) is 42.3 Å². The number of hydrogen-bond donors (Lipinski definition) is 2. The number of carboxylic acid groups (broad SMARTS) is 1. The van der Waals surface area contributed by atoms with E-state index >= 15 is 0 Å². The minimum atomic E-state index is -3.36. The van der Waals surface area contributed by atoms with Gasteiger partial charge in [-0.3, -0.25) is 4.90 Å². The molecule has 6 rings (SSSR count). The summed E-state index contributed by atoms with van der Waals surface area (Å²) in [5.41, 5.74) is 4.13. The van der Waals surface area contributed by atoms with Gasteiger partial charge in [-0.25, -0.2) is 13.2 Å². The van der Waals surface area contributed by atoms with Gasteiger partial charge < -0.3 is 14.8 Å². The topological polar surface area (TPSA) is 99.7 Å². The van der Waals surface area contributed by atoms with Gasteiger partial charge in [0.1, 0.15) is 0 Å². The Balaban J connectivity index is 1.40. The van der Waals surface area contributed by atoms with E-state index in [2.05, 4.69) is 9.88 Å². The van der Waals surface area contributed by atoms with Crippen molar-refractivity contribution in [3.8, 4) is 0 Å². The Morgan fingerprint density at radius 2 is 1.89 bits per heavy atom. The summed E-state index contributed by atoms with van der Waals surface area (Å²) < 4.78 is 32.7. The second-order valence-electron chi connectivity index (χ2n) is 10.6. The highest BCUT2D eigenvalue weighted by Gasteiger charge is 2.41. The van der Waals surface area contributed by atoms with Crippen LogP contribution in [0.1, 0.15) is 71.2 Å². The quantitative estimate of drug-likeness (QED) is 0.485. The van der Waals surface area contributed by atoms with Crippen LogP contribution in [-0.4, -0.2) is 54.4 Å². The number of hydrogen-bond acceptors (Lipinski definition) is 5. The molecule has 2 aliphatic heterocycles. The number of rotatable bonds is 6. The molecule has 3 heterocycles. The van der Waals surface area contributed by atoms with Crippen molar-refractivity contribution >= 4 is 26.7 Å². The zero-order chi connectivity index (χ0) is 25.0. The number of carboxylic acids is 1. The molecule has 3 atom stereocenters. The Bertz CT molecular complexity index is 1410. The van der Waals surface area contributed by atoms with Crippen LogP contribution in [0.5, 0.6) is 0 Å². The van der Waals surface area contributed by atoms with Crippen molar-refractivity contribution < 1.29 is 23.1 Å². The Morgan fingerprint density at radius 3 is 2.61 bits per heavy atom. The lowest BCUT2D eigenvalue weighted by atomic mass is 9.87. The second kappa shape index (κ2) is 9.01. The maximum atomic E-state index is 13.2. The lowest BCUT2D eigenvalue weighted by Crippen LogP contribution is -2.44. The van der Waals surface area contributed by atoms with Crippen LogP contribution < -0.4 is 0 Å². The highest BCUT2D eigenvalue weighted by molar-refractivity contribution is 7.91. The van der Waals surface area contributed by atoms with Crippen molar-refractivity contribution in [2.75, 3.05) is 18.9 Å². The Labute approximate surface area is 211 Å². The molecular weight excluding hydrogens is 476 g/mol. The van der Waals surface area contributed by atoms with Crippen LogP contribution >= 0.6 is 0 Å². The number of carbonyl (C=O) groups is 1.